The van der Waals surface area contributed by atoms with E-state index in [1.165, 1.54) is 6.21 Å². The number of methoxy groups -OCH3 is 1. The van der Waals surface area contributed by atoms with Crippen molar-refractivity contribution in [3.63, 3.8) is 0 Å². The van der Waals surface area contributed by atoms with Crippen LogP contribution in [0.3, 0.4) is 0 Å². The standard InChI is InChI=1S/C23H21N3O3/c1-29-20-14-12-17(13-15-20)16-24-26-23(28)21(18-8-4-2-5-9-18)25-22(27)19-10-6-3-7-11-19/h2-16,21H,1H3,(H,25,27)(H,26,28)/b24-16-/t21-/m0/s1. The highest BCUT2D eigenvalue weighted by Crippen LogP contribution is 2.14. The third kappa shape index (κ3) is 5.52. The van der Waals surface area contributed by atoms with Crippen molar-refractivity contribution in [3.8, 4) is 5.75 Å². The van der Waals surface area contributed by atoms with Crippen LogP contribution in [0.2, 0.25) is 0 Å². The summed E-state index contributed by atoms with van der Waals surface area (Å²) in [7, 11) is 1.59. The van der Waals surface area contributed by atoms with Crippen LogP contribution < -0.4 is 15.5 Å². The van der Waals surface area contributed by atoms with E-state index in [1.54, 1.807) is 55.6 Å². The fraction of sp³-hybridized carbons (Fsp3) is 0.0870. The van der Waals surface area contributed by atoms with E-state index >= 15 is 0 Å². The van der Waals surface area contributed by atoms with E-state index in [0.29, 0.717) is 11.1 Å². The summed E-state index contributed by atoms with van der Waals surface area (Å²) in [4.78, 5) is 25.3. The first kappa shape index (κ1) is 19.8. The van der Waals surface area contributed by atoms with Crippen LogP contribution in [0.15, 0.2) is 90.0 Å². The Hall–Kier alpha value is -3.93. The first-order valence-corrected chi connectivity index (χ1v) is 9.05. The maximum absolute atomic E-state index is 12.7. The molecule has 6 heteroatoms. The second-order valence-corrected chi connectivity index (χ2v) is 6.19. The number of rotatable bonds is 7. The molecule has 29 heavy (non-hydrogen) atoms. The molecular formula is C23H21N3O3. The average molecular weight is 387 g/mol. The molecule has 0 bridgehead atoms. The molecule has 0 radical (unpaired) electrons. The van der Waals surface area contributed by atoms with Crippen molar-refractivity contribution >= 4 is 18.0 Å². The summed E-state index contributed by atoms with van der Waals surface area (Å²) in [5.74, 6) is -0.0436. The molecule has 0 saturated heterocycles. The summed E-state index contributed by atoms with van der Waals surface area (Å²) in [6.07, 6.45) is 1.53. The van der Waals surface area contributed by atoms with E-state index in [-0.39, 0.29) is 5.91 Å². The molecule has 0 aromatic heterocycles. The minimum Gasteiger partial charge on any atom is -0.497 e. The van der Waals surface area contributed by atoms with Crippen LogP contribution in [0.1, 0.15) is 27.5 Å². The molecule has 6 nitrogen and oxygen atoms in total. The molecule has 0 aliphatic carbocycles. The number of nitrogens with zero attached hydrogens (tertiary/aromatic N) is 1. The summed E-state index contributed by atoms with van der Waals surface area (Å²) in [5, 5.41) is 6.78. The van der Waals surface area contributed by atoms with Crippen LogP contribution in [0.5, 0.6) is 5.75 Å². The van der Waals surface area contributed by atoms with Crippen LogP contribution in [-0.4, -0.2) is 25.1 Å². The third-order valence-corrected chi connectivity index (χ3v) is 4.21. The van der Waals surface area contributed by atoms with Gasteiger partial charge in [0.1, 0.15) is 11.8 Å². The highest BCUT2D eigenvalue weighted by atomic mass is 16.5. The van der Waals surface area contributed by atoms with Gasteiger partial charge in [0.05, 0.1) is 13.3 Å². The van der Waals surface area contributed by atoms with Gasteiger partial charge in [0.15, 0.2) is 0 Å². The molecule has 0 aliphatic heterocycles. The Bertz CT molecular complexity index is 971. The molecule has 146 valence electrons. The number of hydrogen-bond acceptors (Lipinski definition) is 4. The lowest BCUT2D eigenvalue weighted by atomic mass is 10.1. The summed E-state index contributed by atoms with van der Waals surface area (Å²) in [6, 6.07) is 24.1. The zero-order valence-electron chi connectivity index (χ0n) is 15.9. The van der Waals surface area contributed by atoms with E-state index in [1.807, 2.05) is 36.4 Å². The Morgan fingerprint density at radius 1 is 0.897 bits per heavy atom. The molecule has 0 heterocycles. The number of carbonyl (C=O) groups is 2. The van der Waals surface area contributed by atoms with Crippen molar-refractivity contribution in [2.45, 2.75) is 6.04 Å². The minimum absolute atomic E-state index is 0.339. The molecule has 0 spiro atoms. The Morgan fingerprint density at radius 3 is 2.14 bits per heavy atom. The van der Waals surface area contributed by atoms with E-state index in [4.69, 9.17) is 4.74 Å². The van der Waals surface area contributed by atoms with Crippen molar-refractivity contribution < 1.29 is 14.3 Å². The highest BCUT2D eigenvalue weighted by Gasteiger charge is 2.23. The van der Waals surface area contributed by atoms with Crippen LogP contribution in [-0.2, 0) is 4.79 Å². The lowest BCUT2D eigenvalue weighted by Gasteiger charge is -2.17. The number of benzene rings is 3. The summed E-state index contributed by atoms with van der Waals surface area (Å²) in [6.45, 7) is 0. The van der Waals surface area contributed by atoms with Crippen LogP contribution in [0, 0.1) is 0 Å². The zero-order valence-corrected chi connectivity index (χ0v) is 15.9. The summed E-state index contributed by atoms with van der Waals surface area (Å²) in [5.41, 5.74) is 4.44. The molecule has 3 rings (SSSR count). The lowest BCUT2D eigenvalue weighted by molar-refractivity contribution is -0.123. The maximum atomic E-state index is 12.7. The highest BCUT2D eigenvalue weighted by molar-refractivity contribution is 5.98. The van der Waals surface area contributed by atoms with E-state index < -0.39 is 11.9 Å². The normalized spacial score (nSPS) is 11.6. The smallest absolute Gasteiger partial charge is 0.267 e. The SMILES string of the molecule is COc1ccc(/C=N\NC(=O)[C@@H](NC(=O)c2ccccc2)c2ccccc2)cc1. The molecule has 3 aromatic rings. The Morgan fingerprint density at radius 2 is 1.52 bits per heavy atom. The van der Waals surface area contributed by atoms with Gasteiger partial charge in [-0.2, -0.15) is 5.10 Å². The van der Waals surface area contributed by atoms with Gasteiger partial charge in [-0.05, 0) is 47.5 Å². The van der Waals surface area contributed by atoms with Gasteiger partial charge in [-0.15, -0.1) is 0 Å². The fourth-order valence-corrected chi connectivity index (χ4v) is 2.67. The van der Waals surface area contributed by atoms with Crippen LogP contribution in [0.4, 0.5) is 0 Å². The van der Waals surface area contributed by atoms with Gasteiger partial charge in [-0.25, -0.2) is 5.43 Å². The molecular weight excluding hydrogens is 366 g/mol. The number of amides is 2. The van der Waals surface area contributed by atoms with Crippen molar-refractivity contribution in [2.24, 2.45) is 5.10 Å². The molecule has 2 N–H and O–H groups in total. The van der Waals surface area contributed by atoms with Crippen molar-refractivity contribution in [3.05, 3.63) is 102 Å². The molecule has 3 aromatic carbocycles. The lowest BCUT2D eigenvalue weighted by Crippen LogP contribution is -2.38. The van der Waals surface area contributed by atoms with Crippen LogP contribution in [0.25, 0.3) is 0 Å². The number of hydrogen-bond donors (Lipinski definition) is 2. The van der Waals surface area contributed by atoms with Gasteiger partial charge >= 0.3 is 0 Å². The topological polar surface area (TPSA) is 79.8 Å². The second-order valence-electron chi connectivity index (χ2n) is 6.19. The Kier molecular flexibility index (Phi) is 6.73. The number of carbonyl (C=O) groups excluding carboxylic acids is 2. The number of ether oxygens (including phenoxy) is 1. The van der Waals surface area contributed by atoms with Gasteiger partial charge in [0, 0.05) is 5.56 Å². The molecule has 2 amide bonds. The van der Waals surface area contributed by atoms with E-state index in [0.717, 1.165) is 11.3 Å². The Labute approximate surface area is 169 Å². The summed E-state index contributed by atoms with van der Waals surface area (Å²) < 4.78 is 5.11. The van der Waals surface area contributed by atoms with Gasteiger partial charge in [0.2, 0.25) is 0 Å². The monoisotopic (exact) mass is 387 g/mol. The predicted molar refractivity (Wildman–Crippen MR) is 112 cm³/mol. The zero-order chi connectivity index (χ0) is 20.5. The van der Waals surface area contributed by atoms with E-state index in [9.17, 15) is 9.59 Å². The average Bonchev–Trinajstić information content (AvgIpc) is 2.79. The molecule has 0 fully saturated rings. The van der Waals surface area contributed by atoms with Gasteiger partial charge in [0.25, 0.3) is 11.8 Å². The quantitative estimate of drug-likeness (QED) is 0.482. The van der Waals surface area contributed by atoms with Crippen molar-refractivity contribution in [2.75, 3.05) is 7.11 Å². The fourth-order valence-electron chi connectivity index (χ4n) is 2.67. The predicted octanol–water partition coefficient (Wildman–Crippen LogP) is 3.32. The van der Waals surface area contributed by atoms with Crippen LogP contribution >= 0.6 is 0 Å². The van der Waals surface area contributed by atoms with Crippen molar-refractivity contribution in [1.29, 1.82) is 0 Å². The van der Waals surface area contributed by atoms with Crippen molar-refractivity contribution in [1.82, 2.24) is 10.7 Å². The van der Waals surface area contributed by atoms with Gasteiger partial charge in [-0.3, -0.25) is 9.59 Å². The second kappa shape index (κ2) is 9.85. The molecule has 0 aliphatic rings. The third-order valence-electron chi connectivity index (χ3n) is 4.21. The van der Waals surface area contributed by atoms with E-state index in [2.05, 4.69) is 15.8 Å². The number of hydrazone groups is 1. The van der Waals surface area contributed by atoms with Gasteiger partial charge in [-0.1, -0.05) is 48.5 Å². The first-order valence-electron chi connectivity index (χ1n) is 9.05. The molecule has 0 saturated carbocycles. The largest absolute Gasteiger partial charge is 0.497 e. The Balaban J connectivity index is 1.72. The maximum Gasteiger partial charge on any atom is 0.267 e. The van der Waals surface area contributed by atoms with Gasteiger partial charge < -0.3 is 10.1 Å². The molecule has 0 unspecified atom stereocenters. The minimum atomic E-state index is -0.878. The molecule has 1 atom stereocenters. The number of nitrogens with one attached hydrogen (secondary N) is 2. The first-order chi connectivity index (χ1) is 14.2. The summed E-state index contributed by atoms with van der Waals surface area (Å²) >= 11 is 0.